The molecule has 7 rings (SSSR count). The predicted molar refractivity (Wildman–Crippen MR) is 146 cm³/mol. The third-order valence-electron chi connectivity index (χ3n) is 6.89. The monoisotopic (exact) mass is 450 g/mol. The van der Waals surface area contributed by atoms with E-state index in [4.69, 9.17) is 11.1 Å². The van der Waals surface area contributed by atoms with Gasteiger partial charge in [0.1, 0.15) is 5.84 Å². The van der Waals surface area contributed by atoms with E-state index in [-0.39, 0.29) is 5.84 Å². The highest BCUT2D eigenvalue weighted by molar-refractivity contribution is 6.11. The van der Waals surface area contributed by atoms with E-state index in [0.29, 0.717) is 5.56 Å². The topological polar surface area (TPSA) is 59.7 Å². The van der Waals surface area contributed by atoms with Crippen LogP contribution < -0.4 is 5.73 Å². The molecule has 0 radical (unpaired) electrons. The van der Waals surface area contributed by atoms with Crippen LogP contribution in [-0.4, -0.2) is 15.0 Å². The van der Waals surface area contributed by atoms with Crippen LogP contribution in [0.15, 0.2) is 115 Å². The molecule has 3 N–H and O–H groups in total. The van der Waals surface area contributed by atoms with Crippen molar-refractivity contribution in [2.45, 2.75) is 0 Å². The second-order valence-electron chi connectivity index (χ2n) is 8.89. The molecule has 0 aliphatic carbocycles. The maximum absolute atomic E-state index is 8.29. The van der Waals surface area contributed by atoms with E-state index < -0.39 is 0 Å². The summed E-state index contributed by atoms with van der Waals surface area (Å²) in [5.41, 5.74) is 13.2. The first kappa shape index (κ1) is 19.6. The number of nitrogens with one attached hydrogen (secondary N) is 1. The number of amidine groups is 1. The second kappa shape index (κ2) is 7.34. The Balaban J connectivity index is 1.61. The van der Waals surface area contributed by atoms with E-state index >= 15 is 0 Å². The maximum Gasteiger partial charge on any atom is 0.122 e. The van der Waals surface area contributed by atoms with Crippen LogP contribution in [0.4, 0.5) is 0 Å². The Hall–Kier alpha value is -4.83. The van der Waals surface area contributed by atoms with E-state index in [9.17, 15) is 0 Å². The molecule has 7 aromatic rings. The van der Waals surface area contributed by atoms with Gasteiger partial charge in [-0.3, -0.25) is 5.41 Å². The first-order chi connectivity index (χ1) is 17.2. The zero-order valence-corrected chi connectivity index (χ0v) is 18.9. The fraction of sp³-hybridized carbons (Fsp3) is 0. The zero-order valence-electron chi connectivity index (χ0n) is 18.9. The molecule has 166 valence electrons. The molecule has 35 heavy (non-hydrogen) atoms. The fourth-order valence-electron chi connectivity index (χ4n) is 5.41. The molecule has 4 nitrogen and oxygen atoms in total. The van der Waals surface area contributed by atoms with E-state index in [1.54, 1.807) is 0 Å². The van der Waals surface area contributed by atoms with Crippen LogP contribution in [0.2, 0.25) is 0 Å². The van der Waals surface area contributed by atoms with Crippen molar-refractivity contribution in [2.75, 3.05) is 0 Å². The minimum atomic E-state index is 0.0506. The molecule has 5 aromatic carbocycles. The average Bonchev–Trinajstić information content (AvgIpc) is 3.42. The van der Waals surface area contributed by atoms with Crippen LogP contribution in [0.1, 0.15) is 5.56 Å². The summed E-state index contributed by atoms with van der Waals surface area (Å²) >= 11 is 0. The van der Waals surface area contributed by atoms with Gasteiger partial charge in [0.05, 0.1) is 22.1 Å². The fourth-order valence-corrected chi connectivity index (χ4v) is 5.41. The molecule has 0 atom stereocenters. The number of nitrogens with two attached hydrogens (primary N) is 1. The molecule has 0 saturated heterocycles. The molecular weight excluding hydrogens is 428 g/mol. The van der Waals surface area contributed by atoms with Crippen LogP contribution in [0.3, 0.4) is 0 Å². The Morgan fingerprint density at radius 3 is 1.11 bits per heavy atom. The summed E-state index contributed by atoms with van der Waals surface area (Å²) in [6, 6.07) is 40.1. The normalized spacial score (nSPS) is 11.7. The quantitative estimate of drug-likeness (QED) is 0.218. The number of rotatable bonds is 3. The lowest BCUT2D eigenvalue weighted by atomic mass is 10.1. The van der Waals surface area contributed by atoms with Gasteiger partial charge in [-0.05, 0) is 42.5 Å². The van der Waals surface area contributed by atoms with Crippen molar-refractivity contribution in [3.05, 3.63) is 121 Å². The Kier molecular flexibility index (Phi) is 4.11. The number of aromatic nitrogens is 2. The molecule has 0 saturated carbocycles. The van der Waals surface area contributed by atoms with Gasteiger partial charge in [-0.1, -0.05) is 72.8 Å². The Morgan fingerprint density at radius 1 is 0.486 bits per heavy atom. The van der Waals surface area contributed by atoms with Gasteiger partial charge in [0, 0.05) is 38.5 Å². The van der Waals surface area contributed by atoms with Crippen LogP contribution in [-0.2, 0) is 0 Å². The maximum atomic E-state index is 8.29. The van der Waals surface area contributed by atoms with Gasteiger partial charge in [-0.2, -0.15) is 0 Å². The highest BCUT2D eigenvalue weighted by atomic mass is 15.0. The zero-order chi connectivity index (χ0) is 23.5. The lowest BCUT2D eigenvalue weighted by molar-refractivity contribution is 1.13. The summed E-state index contributed by atoms with van der Waals surface area (Å²) in [5.74, 6) is 0.0506. The van der Waals surface area contributed by atoms with Gasteiger partial charge in [0.2, 0.25) is 0 Å². The first-order valence-electron chi connectivity index (χ1n) is 11.7. The number of fused-ring (bicyclic) bond motifs is 6. The van der Waals surface area contributed by atoms with Crippen LogP contribution in [0.5, 0.6) is 0 Å². The summed E-state index contributed by atoms with van der Waals surface area (Å²) < 4.78 is 4.54. The van der Waals surface area contributed by atoms with Crippen molar-refractivity contribution in [1.29, 1.82) is 5.41 Å². The SMILES string of the molecule is N=C(N)c1cc(-n2c3ccccc3c3ccccc32)cc(-n2c3ccccc3c3ccccc32)c1. The molecule has 2 aromatic heterocycles. The average molecular weight is 451 g/mol. The lowest BCUT2D eigenvalue weighted by Crippen LogP contribution is -2.13. The molecule has 0 aliphatic heterocycles. The summed E-state index contributed by atoms with van der Waals surface area (Å²) in [6.45, 7) is 0. The van der Waals surface area contributed by atoms with Gasteiger partial charge in [0.25, 0.3) is 0 Å². The van der Waals surface area contributed by atoms with Crippen LogP contribution in [0.25, 0.3) is 55.0 Å². The minimum Gasteiger partial charge on any atom is -0.384 e. The van der Waals surface area contributed by atoms with Gasteiger partial charge in [0.15, 0.2) is 0 Å². The van der Waals surface area contributed by atoms with Crippen molar-refractivity contribution in [2.24, 2.45) is 5.73 Å². The lowest BCUT2D eigenvalue weighted by Gasteiger charge is -2.15. The number of para-hydroxylation sites is 4. The number of hydrogen-bond acceptors (Lipinski definition) is 1. The van der Waals surface area contributed by atoms with E-state index in [1.165, 1.54) is 21.5 Å². The predicted octanol–water partition coefficient (Wildman–Crippen LogP) is 7.16. The molecule has 4 heteroatoms. The standard InChI is InChI=1S/C31H22N4/c32-31(33)20-17-21(34-27-13-5-1-9-23(27)24-10-2-6-14-28(24)34)19-22(18-20)35-29-15-7-3-11-25(29)26-12-4-8-16-30(26)35/h1-19H,(H3,32,33). The third-order valence-corrected chi connectivity index (χ3v) is 6.89. The molecular formula is C31H22N4. The number of hydrogen-bond donors (Lipinski definition) is 2. The van der Waals surface area contributed by atoms with Crippen LogP contribution >= 0.6 is 0 Å². The summed E-state index contributed by atoms with van der Waals surface area (Å²) in [5, 5.41) is 13.1. The van der Waals surface area contributed by atoms with Crippen LogP contribution in [0, 0.1) is 5.41 Å². The van der Waals surface area contributed by atoms with Crippen molar-refractivity contribution in [3.63, 3.8) is 0 Å². The molecule has 0 spiro atoms. The molecule has 0 amide bonds. The number of nitrogen functional groups attached to an aromatic ring is 1. The number of benzene rings is 5. The van der Waals surface area contributed by atoms with Gasteiger partial charge in [-0.15, -0.1) is 0 Å². The highest BCUT2D eigenvalue weighted by Gasteiger charge is 2.16. The van der Waals surface area contributed by atoms with Gasteiger partial charge < -0.3 is 14.9 Å². The molecule has 0 fully saturated rings. The minimum absolute atomic E-state index is 0.0506. The van der Waals surface area contributed by atoms with E-state index in [0.717, 1.165) is 33.4 Å². The van der Waals surface area contributed by atoms with Gasteiger partial charge in [-0.25, -0.2) is 0 Å². The summed E-state index contributed by atoms with van der Waals surface area (Å²) in [4.78, 5) is 0. The molecule has 0 aliphatic rings. The Bertz CT molecular complexity index is 1700. The smallest absolute Gasteiger partial charge is 0.122 e. The second-order valence-corrected chi connectivity index (χ2v) is 8.89. The van der Waals surface area contributed by atoms with E-state index in [1.807, 2.05) is 12.1 Å². The molecule has 2 heterocycles. The first-order valence-corrected chi connectivity index (χ1v) is 11.7. The largest absolute Gasteiger partial charge is 0.384 e. The molecule has 0 unspecified atom stereocenters. The Morgan fingerprint density at radius 2 is 0.800 bits per heavy atom. The van der Waals surface area contributed by atoms with Crippen molar-refractivity contribution in [1.82, 2.24) is 9.13 Å². The number of nitrogens with zero attached hydrogens (tertiary/aromatic N) is 2. The van der Waals surface area contributed by atoms with Gasteiger partial charge >= 0.3 is 0 Å². The Labute approximate surface area is 202 Å². The summed E-state index contributed by atoms with van der Waals surface area (Å²) in [7, 11) is 0. The highest BCUT2D eigenvalue weighted by Crippen LogP contribution is 2.35. The summed E-state index contributed by atoms with van der Waals surface area (Å²) in [6.07, 6.45) is 0. The van der Waals surface area contributed by atoms with E-state index in [2.05, 4.69) is 112 Å². The van der Waals surface area contributed by atoms with Crippen molar-refractivity contribution < 1.29 is 0 Å². The third kappa shape index (κ3) is 2.83. The van der Waals surface area contributed by atoms with Crippen molar-refractivity contribution in [3.8, 4) is 11.4 Å². The molecule has 0 bridgehead atoms. The van der Waals surface area contributed by atoms with Crippen molar-refractivity contribution >= 4 is 49.4 Å².